The Kier molecular flexibility index (Phi) is 9.27. The third kappa shape index (κ3) is 7.17. The minimum absolute atomic E-state index is 0.179. The van der Waals surface area contributed by atoms with E-state index in [1.807, 2.05) is 30.7 Å². The average molecular weight is 639 g/mol. The van der Waals surface area contributed by atoms with E-state index in [1.165, 1.54) is 13.3 Å². The van der Waals surface area contributed by atoms with Gasteiger partial charge >= 0.3 is 6.09 Å². The van der Waals surface area contributed by atoms with Gasteiger partial charge in [0.1, 0.15) is 12.5 Å². The van der Waals surface area contributed by atoms with Gasteiger partial charge in [-0.25, -0.2) is 18.3 Å². The van der Waals surface area contributed by atoms with Crippen LogP contribution in [0.1, 0.15) is 35.7 Å². The van der Waals surface area contributed by atoms with Crippen LogP contribution < -0.4 is 10.1 Å². The number of nitrogens with one attached hydrogen (secondary N) is 1. The number of nitrogens with zero attached hydrogens (tertiary/aromatic N) is 3. The van der Waals surface area contributed by atoms with E-state index < -0.39 is 49.0 Å². The van der Waals surface area contributed by atoms with Gasteiger partial charge in [-0.05, 0) is 56.5 Å². The summed E-state index contributed by atoms with van der Waals surface area (Å²) in [5, 5.41) is 7.61. The first-order valence-corrected chi connectivity index (χ1v) is 18.8. The van der Waals surface area contributed by atoms with Gasteiger partial charge in [-0.15, -0.1) is 0 Å². The van der Waals surface area contributed by atoms with Crippen molar-refractivity contribution < 1.29 is 32.6 Å². The molecule has 240 valence electrons. The Morgan fingerprint density at radius 1 is 1.18 bits per heavy atom. The average Bonchev–Trinajstić information content (AvgIpc) is 3.70. The topological polar surface area (TPSA) is 104 Å². The maximum absolute atomic E-state index is 14.4. The fraction of sp³-hybridized carbons (Fsp3) is 0.455. The van der Waals surface area contributed by atoms with Crippen molar-refractivity contribution in [3.05, 3.63) is 65.0 Å². The molecule has 1 fully saturated rings. The summed E-state index contributed by atoms with van der Waals surface area (Å²) in [5.74, 6) is -3.91. The molecule has 1 aliphatic carbocycles. The largest absolute Gasteiger partial charge is 0.493 e. The van der Waals surface area contributed by atoms with E-state index in [0.29, 0.717) is 24.6 Å². The molecule has 1 spiro atoms. The van der Waals surface area contributed by atoms with E-state index in [1.54, 1.807) is 12.1 Å². The Hall–Kier alpha value is -3.90. The molecule has 2 unspecified atom stereocenters. The van der Waals surface area contributed by atoms with E-state index in [4.69, 9.17) is 9.47 Å². The number of halogens is 2. The van der Waals surface area contributed by atoms with Crippen molar-refractivity contribution in [2.24, 2.45) is 16.3 Å². The maximum atomic E-state index is 14.4. The molecule has 5 rings (SSSR count). The molecule has 2 amide bonds. The molecule has 3 aromatic rings. The lowest BCUT2D eigenvalue weighted by Gasteiger charge is -2.37. The molecule has 2 aromatic carbocycles. The number of methoxy groups -OCH3 is 1. The van der Waals surface area contributed by atoms with E-state index in [9.17, 15) is 18.4 Å². The minimum Gasteiger partial charge on any atom is -0.493 e. The number of aliphatic imine (C=N–C) groups is 1. The lowest BCUT2D eigenvalue weighted by molar-refractivity contribution is -0.119. The third-order valence-corrected chi connectivity index (χ3v) is 10.4. The van der Waals surface area contributed by atoms with Crippen LogP contribution in [-0.4, -0.2) is 56.4 Å². The standard InChI is InChI=1S/C33H40F2N4O5Si/c1-20-29(21(2)39(38-20)19-43-13-14-45(4,5)6)22-7-9-23(10-8-22)37-31(40)25(17-36-32(41)42-3)30-24-15-26(34)27(35)16-28(24)44-18-33(30)11-12-33/h7-10,15-17,25,30H,11-14,18-19H2,1-6H3,(H,37,40)/b36-17-. The molecule has 0 saturated heterocycles. The van der Waals surface area contributed by atoms with Gasteiger partial charge in [-0.3, -0.25) is 4.79 Å². The van der Waals surface area contributed by atoms with Crippen LogP contribution in [-0.2, 0) is 21.0 Å². The first kappa shape index (κ1) is 32.5. The number of hydrogen-bond donors (Lipinski definition) is 1. The highest BCUT2D eigenvalue weighted by atomic mass is 28.3. The van der Waals surface area contributed by atoms with Crippen molar-refractivity contribution in [1.82, 2.24) is 9.78 Å². The highest BCUT2D eigenvalue weighted by Crippen LogP contribution is 2.62. The predicted molar refractivity (Wildman–Crippen MR) is 171 cm³/mol. The van der Waals surface area contributed by atoms with Crippen molar-refractivity contribution >= 4 is 32.0 Å². The van der Waals surface area contributed by atoms with E-state index in [2.05, 4.69) is 39.8 Å². The molecular weight excluding hydrogens is 598 g/mol. The second-order valence-electron chi connectivity index (χ2n) is 13.2. The zero-order chi connectivity index (χ0) is 32.5. The number of ether oxygens (including phenoxy) is 3. The minimum atomic E-state index is -1.18. The third-order valence-electron chi connectivity index (χ3n) is 8.66. The summed E-state index contributed by atoms with van der Waals surface area (Å²) in [4.78, 5) is 29.6. The first-order chi connectivity index (χ1) is 21.3. The lowest BCUT2D eigenvalue weighted by Crippen LogP contribution is -2.39. The van der Waals surface area contributed by atoms with E-state index in [-0.39, 0.29) is 12.4 Å². The quantitative estimate of drug-likeness (QED) is 0.144. The summed E-state index contributed by atoms with van der Waals surface area (Å²) in [6.07, 6.45) is 1.84. The monoisotopic (exact) mass is 638 g/mol. The SMILES string of the molecule is COC(=O)/N=C\C(C(=O)Nc1ccc(-c2c(C)nn(COCC[Si](C)(C)C)c2C)cc1)C1c2cc(F)c(F)cc2OCC12CC2. The summed E-state index contributed by atoms with van der Waals surface area (Å²) in [6.45, 7) is 12.2. The molecular formula is C33H40F2N4O5Si. The summed E-state index contributed by atoms with van der Waals surface area (Å²) >= 11 is 0. The number of benzene rings is 2. The van der Waals surface area contributed by atoms with Gasteiger partial charge in [0, 0.05) is 60.8 Å². The van der Waals surface area contributed by atoms with Gasteiger partial charge in [0.2, 0.25) is 5.91 Å². The Labute approximate surface area is 263 Å². The highest BCUT2D eigenvalue weighted by Gasteiger charge is 2.57. The fourth-order valence-corrected chi connectivity index (χ4v) is 6.71. The zero-order valence-electron chi connectivity index (χ0n) is 26.6. The number of rotatable bonds is 10. The maximum Gasteiger partial charge on any atom is 0.432 e. The normalized spacial score (nSPS) is 17.6. The van der Waals surface area contributed by atoms with Crippen LogP contribution in [0.25, 0.3) is 11.1 Å². The van der Waals surface area contributed by atoms with Crippen LogP contribution in [0, 0.1) is 36.8 Å². The van der Waals surface area contributed by atoms with Crippen LogP contribution in [0.2, 0.25) is 25.7 Å². The summed E-state index contributed by atoms with van der Waals surface area (Å²) in [6, 6.07) is 10.6. The Morgan fingerprint density at radius 3 is 2.51 bits per heavy atom. The van der Waals surface area contributed by atoms with Gasteiger partial charge in [0.15, 0.2) is 11.6 Å². The summed E-state index contributed by atoms with van der Waals surface area (Å²) in [5.41, 5.74) is 4.22. The van der Waals surface area contributed by atoms with Crippen molar-refractivity contribution in [1.29, 1.82) is 0 Å². The first-order valence-electron chi connectivity index (χ1n) is 15.1. The molecule has 1 N–H and O–H groups in total. The number of aryl methyl sites for hydroxylation is 1. The lowest BCUT2D eigenvalue weighted by atomic mass is 9.73. The molecule has 2 aliphatic rings. The number of carbonyl (C=O) groups excluding carboxylic acids is 2. The van der Waals surface area contributed by atoms with Crippen LogP contribution in [0.5, 0.6) is 5.75 Å². The molecule has 1 aliphatic heterocycles. The van der Waals surface area contributed by atoms with E-state index in [0.717, 1.165) is 53.5 Å². The van der Waals surface area contributed by atoms with Gasteiger partial charge in [0.25, 0.3) is 0 Å². The van der Waals surface area contributed by atoms with Gasteiger partial charge in [-0.2, -0.15) is 10.1 Å². The zero-order valence-corrected chi connectivity index (χ0v) is 27.6. The van der Waals surface area contributed by atoms with Gasteiger partial charge < -0.3 is 19.5 Å². The number of carbonyl (C=O) groups is 2. The van der Waals surface area contributed by atoms with Crippen molar-refractivity contribution in [2.45, 2.75) is 65.0 Å². The second-order valence-corrected chi connectivity index (χ2v) is 18.8. The Morgan fingerprint density at radius 2 is 1.87 bits per heavy atom. The number of aromatic nitrogens is 2. The van der Waals surface area contributed by atoms with Gasteiger partial charge in [0.05, 0.1) is 25.3 Å². The van der Waals surface area contributed by atoms with Crippen molar-refractivity contribution in [3.63, 3.8) is 0 Å². The fourth-order valence-electron chi connectivity index (χ4n) is 5.96. The number of amides is 2. The Bertz CT molecular complexity index is 1610. The second kappa shape index (κ2) is 12.8. The van der Waals surface area contributed by atoms with Crippen LogP contribution >= 0.6 is 0 Å². The number of fused-ring (bicyclic) bond motifs is 1. The molecule has 9 nitrogen and oxygen atoms in total. The van der Waals surface area contributed by atoms with E-state index >= 15 is 0 Å². The van der Waals surface area contributed by atoms with Crippen molar-refractivity contribution in [3.8, 4) is 16.9 Å². The summed E-state index contributed by atoms with van der Waals surface area (Å²) < 4.78 is 46.7. The molecule has 45 heavy (non-hydrogen) atoms. The highest BCUT2D eigenvalue weighted by molar-refractivity contribution is 6.76. The smallest absolute Gasteiger partial charge is 0.432 e. The number of hydrogen-bond acceptors (Lipinski definition) is 6. The number of anilines is 1. The van der Waals surface area contributed by atoms with Crippen LogP contribution in [0.4, 0.5) is 19.3 Å². The van der Waals surface area contributed by atoms with Crippen molar-refractivity contribution in [2.75, 3.05) is 25.6 Å². The molecule has 0 bridgehead atoms. The summed E-state index contributed by atoms with van der Waals surface area (Å²) in [7, 11) is 0.00534. The molecule has 1 saturated carbocycles. The molecule has 0 radical (unpaired) electrons. The predicted octanol–water partition coefficient (Wildman–Crippen LogP) is 7.11. The molecule has 2 atom stereocenters. The van der Waals surface area contributed by atoms with Crippen LogP contribution in [0.15, 0.2) is 41.4 Å². The Balaban J connectivity index is 1.37. The molecule has 2 heterocycles. The molecule has 12 heteroatoms. The molecule has 1 aromatic heterocycles. The van der Waals surface area contributed by atoms with Crippen LogP contribution in [0.3, 0.4) is 0 Å². The van der Waals surface area contributed by atoms with Gasteiger partial charge in [-0.1, -0.05) is 31.8 Å².